The first-order valence-electron chi connectivity index (χ1n) is 9.85. The minimum atomic E-state index is -0.772. The van der Waals surface area contributed by atoms with Gasteiger partial charge in [0.15, 0.2) is 0 Å². The second kappa shape index (κ2) is 8.07. The van der Waals surface area contributed by atoms with E-state index in [4.69, 9.17) is 4.74 Å². The van der Waals surface area contributed by atoms with Gasteiger partial charge in [0.2, 0.25) is 0 Å². The number of carbonyl (C=O) groups is 2. The Balaban J connectivity index is 1.95. The van der Waals surface area contributed by atoms with Crippen LogP contribution in [0.3, 0.4) is 0 Å². The lowest BCUT2D eigenvalue weighted by Gasteiger charge is -2.26. The number of methoxy groups -OCH3 is 1. The van der Waals surface area contributed by atoms with Gasteiger partial charge in [-0.2, -0.15) is 0 Å². The molecule has 6 nitrogen and oxygen atoms in total. The monoisotopic (exact) mass is 414 g/mol. The number of nitrogens with zero attached hydrogens (tertiary/aromatic N) is 2. The quantitative estimate of drug-likeness (QED) is 0.390. The SMILES string of the molecule is COc1ccc(/C(O)=C2/C(=O)C(=O)N(c3ccccc3C)C2c2ccncc2)cc1C. The molecule has 4 rings (SSSR count). The number of ketones is 1. The van der Waals surface area contributed by atoms with Crippen molar-refractivity contribution in [3.63, 3.8) is 0 Å². The summed E-state index contributed by atoms with van der Waals surface area (Å²) in [6.07, 6.45) is 3.20. The number of aromatic nitrogens is 1. The van der Waals surface area contributed by atoms with E-state index in [-0.39, 0.29) is 11.3 Å². The Morgan fingerprint density at radius 1 is 1.00 bits per heavy atom. The van der Waals surface area contributed by atoms with Crippen molar-refractivity contribution in [2.75, 3.05) is 12.0 Å². The van der Waals surface area contributed by atoms with Crippen LogP contribution in [0.15, 0.2) is 72.6 Å². The molecule has 2 aromatic carbocycles. The maximum atomic E-state index is 13.2. The van der Waals surface area contributed by atoms with Crippen molar-refractivity contribution in [1.82, 2.24) is 4.98 Å². The highest BCUT2D eigenvalue weighted by Gasteiger charge is 2.47. The van der Waals surface area contributed by atoms with Gasteiger partial charge >= 0.3 is 0 Å². The Kier molecular flexibility index (Phi) is 5.29. The predicted octanol–water partition coefficient (Wildman–Crippen LogP) is 4.33. The predicted molar refractivity (Wildman–Crippen MR) is 118 cm³/mol. The lowest BCUT2D eigenvalue weighted by Crippen LogP contribution is -2.30. The van der Waals surface area contributed by atoms with Crippen LogP contribution in [0, 0.1) is 13.8 Å². The van der Waals surface area contributed by atoms with E-state index in [2.05, 4.69) is 4.98 Å². The lowest BCUT2D eigenvalue weighted by molar-refractivity contribution is -0.132. The molecule has 1 saturated heterocycles. The van der Waals surface area contributed by atoms with E-state index < -0.39 is 17.7 Å². The van der Waals surface area contributed by atoms with Crippen LogP contribution in [0.4, 0.5) is 5.69 Å². The van der Waals surface area contributed by atoms with Crippen molar-refractivity contribution in [2.45, 2.75) is 19.9 Å². The summed E-state index contributed by atoms with van der Waals surface area (Å²) >= 11 is 0. The van der Waals surface area contributed by atoms with Crippen LogP contribution in [0.5, 0.6) is 5.75 Å². The van der Waals surface area contributed by atoms with Gasteiger partial charge in [0.1, 0.15) is 11.5 Å². The molecule has 1 aliphatic rings. The molecule has 6 heteroatoms. The molecule has 0 radical (unpaired) electrons. The average molecular weight is 414 g/mol. The van der Waals surface area contributed by atoms with Crippen molar-refractivity contribution in [3.8, 4) is 5.75 Å². The summed E-state index contributed by atoms with van der Waals surface area (Å²) in [6, 6.07) is 15.2. The van der Waals surface area contributed by atoms with Gasteiger partial charge in [-0.05, 0) is 66.9 Å². The zero-order valence-corrected chi connectivity index (χ0v) is 17.5. The number of amides is 1. The largest absolute Gasteiger partial charge is 0.507 e. The highest BCUT2D eigenvalue weighted by atomic mass is 16.5. The first-order valence-corrected chi connectivity index (χ1v) is 9.85. The number of carbonyl (C=O) groups excluding carboxylic acids is 2. The molecule has 1 fully saturated rings. The Labute approximate surface area is 180 Å². The number of hydrogen-bond donors (Lipinski definition) is 1. The maximum Gasteiger partial charge on any atom is 0.300 e. The third-order valence-corrected chi connectivity index (χ3v) is 5.51. The number of ether oxygens (including phenoxy) is 1. The third kappa shape index (κ3) is 3.46. The van der Waals surface area contributed by atoms with Gasteiger partial charge in [0.25, 0.3) is 11.7 Å². The molecule has 0 spiro atoms. The van der Waals surface area contributed by atoms with Crippen LogP contribution < -0.4 is 9.64 Å². The number of aliphatic hydroxyl groups is 1. The van der Waals surface area contributed by atoms with Gasteiger partial charge in [-0.3, -0.25) is 19.5 Å². The summed E-state index contributed by atoms with van der Waals surface area (Å²) in [5.41, 5.74) is 3.45. The highest BCUT2D eigenvalue weighted by molar-refractivity contribution is 6.51. The number of aryl methyl sites for hydroxylation is 2. The number of anilines is 1. The first-order chi connectivity index (χ1) is 14.9. The fourth-order valence-corrected chi connectivity index (χ4v) is 3.96. The highest BCUT2D eigenvalue weighted by Crippen LogP contribution is 2.43. The molecule has 0 bridgehead atoms. The van der Waals surface area contributed by atoms with Gasteiger partial charge < -0.3 is 9.84 Å². The number of rotatable bonds is 4. The van der Waals surface area contributed by atoms with Crippen LogP contribution in [0.25, 0.3) is 5.76 Å². The Morgan fingerprint density at radius 3 is 2.35 bits per heavy atom. The number of benzene rings is 2. The summed E-state index contributed by atoms with van der Waals surface area (Å²) in [5, 5.41) is 11.2. The smallest absolute Gasteiger partial charge is 0.300 e. The number of pyridine rings is 1. The van der Waals surface area contributed by atoms with E-state index in [0.717, 1.165) is 11.1 Å². The van der Waals surface area contributed by atoms with E-state index >= 15 is 0 Å². The van der Waals surface area contributed by atoms with Gasteiger partial charge in [-0.25, -0.2) is 0 Å². The van der Waals surface area contributed by atoms with Gasteiger partial charge in [0, 0.05) is 23.6 Å². The number of para-hydroxylation sites is 1. The Hall–Kier alpha value is -3.93. The first kappa shape index (κ1) is 20.3. The summed E-state index contributed by atoms with van der Waals surface area (Å²) in [5.74, 6) is -0.955. The Bertz CT molecular complexity index is 1200. The molecule has 156 valence electrons. The molecule has 0 aliphatic carbocycles. The molecule has 0 saturated carbocycles. The summed E-state index contributed by atoms with van der Waals surface area (Å²) < 4.78 is 5.29. The molecule has 1 amide bonds. The number of hydrogen-bond acceptors (Lipinski definition) is 5. The van der Waals surface area contributed by atoms with Crippen molar-refractivity contribution in [1.29, 1.82) is 0 Å². The molecule has 1 atom stereocenters. The lowest BCUT2D eigenvalue weighted by atomic mass is 9.95. The van der Waals surface area contributed by atoms with E-state index in [0.29, 0.717) is 22.6 Å². The maximum absolute atomic E-state index is 13.2. The standard InChI is InChI=1S/C25H22N2O4/c1-15-6-4-5-7-19(15)27-22(17-10-12-26-13-11-17)21(24(29)25(27)30)23(28)18-8-9-20(31-3)16(2)14-18/h4-14,22,28H,1-3H3/b23-21-. The number of Topliss-reactive ketones (excluding diaryl/α,β-unsaturated/α-hetero) is 1. The molecule has 1 unspecified atom stereocenters. The summed E-state index contributed by atoms with van der Waals surface area (Å²) in [7, 11) is 1.57. The second-order valence-corrected chi connectivity index (χ2v) is 7.42. The van der Waals surface area contributed by atoms with Gasteiger partial charge in [0.05, 0.1) is 18.7 Å². The second-order valence-electron chi connectivity index (χ2n) is 7.42. The minimum absolute atomic E-state index is 0.0454. The fraction of sp³-hybridized carbons (Fsp3) is 0.160. The molecule has 2 heterocycles. The average Bonchev–Trinajstić information content (AvgIpc) is 3.04. The zero-order valence-electron chi connectivity index (χ0n) is 17.5. The molecule has 31 heavy (non-hydrogen) atoms. The van der Waals surface area contributed by atoms with Crippen LogP contribution >= 0.6 is 0 Å². The van der Waals surface area contributed by atoms with Crippen molar-refractivity contribution in [3.05, 3.63) is 94.8 Å². The topological polar surface area (TPSA) is 79.7 Å². The van der Waals surface area contributed by atoms with Crippen molar-refractivity contribution < 1.29 is 19.4 Å². The third-order valence-electron chi connectivity index (χ3n) is 5.51. The van der Waals surface area contributed by atoms with Crippen molar-refractivity contribution >= 4 is 23.1 Å². The van der Waals surface area contributed by atoms with Crippen LogP contribution in [-0.4, -0.2) is 28.9 Å². The molecule has 1 aliphatic heterocycles. The molecular weight excluding hydrogens is 392 g/mol. The normalized spacial score (nSPS) is 17.8. The molecule has 3 aromatic rings. The fourth-order valence-electron chi connectivity index (χ4n) is 3.96. The summed E-state index contributed by atoms with van der Waals surface area (Å²) in [4.78, 5) is 31.8. The summed E-state index contributed by atoms with van der Waals surface area (Å²) in [6.45, 7) is 3.73. The number of aliphatic hydroxyl groups excluding tert-OH is 1. The van der Waals surface area contributed by atoms with Crippen LogP contribution in [0.1, 0.15) is 28.3 Å². The minimum Gasteiger partial charge on any atom is -0.507 e. The van der Waals surface area contributed by atoms with E-state index in [1.807, 2.05) is 32.0 Å². The van der Waals surface area contributed by atoms with Gasteiger partial charge in [-0.1, -0.05) is 18.2 Å². The molecule has 1 N–H and O–H groups in total. The Morgan fingerprint density at radius 2 is 1.71 bits per heavy atom. The molecule has 1 aromatic heterocycles. The van der Waals surface area contributed by atoms with E-state index in [1.54, 1.807) is 55.9 Å². The van der Waals surface area contributed by atoms with Crippen LogP contribution in [-0.2, 0) is 9.59 Å². The van der Waals surface area contributed by atoms with E-state index in [9.17, 15) is 14.7 Å². The zero-order chi connectivity index (χ0) is 22.1. The van der Waals surface area contributed by atoms with Crippen molar-refractivity contribution in [2.24, 2.45) is 0 Å². The van der Waals surface area contributed by atoms with Crippen LogP contribution in [0.2, 0.25) is 0 Å². The van der Waals surface area contributed by atoms with Gasteiger partial charge in [-0.15, -0.1) is 0 Å². The van der Waals surface area contributed by atoms with E-state index in [1.165, 1.54) is 4.90 Å². The molecular formula is C25H22N2O4.